The van der Waals surface area contributed by atoms with Crippen molar-refractivity contribution in [1.29, 1.82) is 0 Å². The lowest BCUT2D eigenvalue weighted by Crippen LogP contribution is -2.14. The Bertz CT molecular complexity index is 2360. The van der Waals surface area contributed by atoms with E-state index in [4.69, 9.17) is 9.40 Å². The molecule has 2 heteroatoms. The molecule has 0 bridgehead atoms. The zero-order chi connectivity index (χ0) is 28.0. The summed E-state index contributed by atoms with van der Waals surface area (Å²) in [5, 5.41) is 7.21. The molecule has 0 unspecified atom stereocenters. The average molecular weight is 538 g/mol. The Kier molecular flexibility index (Phi) is 4.70. The van der Waals surface area contributed by atoms with Gasteiger partial charge in [0, 0.05) is 5.41 Å². The summed E-state index contributed by atoms with van der Waals surface area (Å²) >= 11 is 0. The van der Waals surface area contributed by atoms with E-state index >= 15 is 0 Å². The zero-order valence-electron chi connectivity index (χ0n) is 23.5. The summed E-state index contributed by atoms with van der Waals surface area (Å²) in [6.07, 6.45) is 0. The van der Waals surface area contributed by atoms with Crippen molar-refractivity contribution in [3.05, 3.63) is 139 Å². The highest BCUT2D eigenvalue weighted by Crippen LogP contribution is 2.53. The first-order valence-corrected chi connectivity index (χ1v) is 14.6. The topological polar surface area (TPSA) is 26.0 Å². The van der Waals surface area contributed by atoms with Crippen LogP contribution < -0.4 is 0 Å². The first-order valence-electron chi connectivity index (χ1n) is 14.6. The normalized spacial score (nSPS) is 13.7. The number of nitrogens with zero attached hydrogens (tertiary/aromatic N) is 1. The van der Waals surface area contributed by atoms with E-state index in [9.17, 15) is 0 Å². The van der Waals surface area contributed by atoms with E-state index in [2.05, 4.69) is 117 Å². The second-order valence-corrected chi connectivity index (χ2v) is 12.0. The van der Waals surface area contributed by atoms with Crippen LogP contribution in [0.15, 0.2) is 132 Å². The second kappa shape index (κ2) is 8.41. The van der Waals surface area contributed by atoms with E-state index in [1.54, 1.807) is 0 Å². The molecule has 0 spiro atoms. The Labute approximate surface area is 243 Å². The van der Waals surface area contributed by atoms with Crippen molar-refractivity contribution >= 4 is 43.4 Å². The van der Waals surface area contributed by atoms with Gasteiger partial charge in [0.25, 0.3) is 0 Å². The van der Waals surface area contributed by atoms with Gasteiger partial charge >= 0.3 is 0 Å². The van der Waals surface area contributed by atoms with Gasteiger partial charge in [-0.05, 0) is 96.0 Å². The maximum Gasteiger partial charge on any atom is 0.228 e. The highest BCUT2D eigenvalue weighted by atomic mass is 16.3. The van der Waals surface area contributed by atoms with Gasteiger partial charge in [-0.1, -0.05) is 111 Å². The van der Waals surface area contributed by atoms with E-state index in [-0.39, 0.29) is 5.41 Å². The molecule has 0 atom stereocenters. The van der Waals surface area contributed by atoms with Crippen molar-refractivity contribution < 1.29 is 4.42 Å². The smallest absolute Gasteiger partial charge is 0.228 e. The van der Waals surface area contributed by atoms with E-state index in [1.165, 1.54) is 54.9 Å². The van der Waals surface area contributed by atoms with E-state index in [0.29, 0.717) is 5.89 Å². The Balaban J connectivity index is 1.48. The standard InChI is InChI=1S/C40H27NO/c1-40(2)33-16-8-7-13-27(33)30-22-31-32(23-34(30)40)37(26-20-19-24-11-3-4-12-25(24)21-26)28-14-5-6-15-29(28)38(31)39-41-35-17-9-10-18-36(35)42-39/h3-23H,1-2H3. The van der Waals surface area contributed by atoms with E-state index < -0.39 is 0 Å². The number of benzene rings is 7. The predicted octanol–water partition coefficient (Wildman–Crippen LogP) is 10.9. The van der Waals surface area contributed by atoms with Gasteiger partial charge in [-0.3, -0.25) is 0 Å². The van der Waals surface area contributed by atoms with Gasteiger partial charge in [-0.2, -0.15) is 0 Å². The summed E-state index contributed by atoms with van der Waals surface area (Å²) in [5.41, 5.74) is 10.4. The Morgan fingerprint density at radius 1 is 0.524 bits per heavy atom. The van der Waals surface area contributed by atoms with Crippen molar-refractivity contribution in [1.82, 2.24) is 4.98 Å². The van der Waals surface area contributed by atoms with Crippen molar-refractivity contribution in [2.24, 2.45) is 0 Å². The summed E-state index contributed by atoms with van der Waals surface area (Å²) in [6, 6.07) is 45.9. The minimum atomic E-state index is -0.107. The number of hydrogen-bond donors (Lipinski definition) is 0. The molecule has 7 aromatic carbocycles. The SMILES string of the molecule is CC1(C)c2ccccc2-c2cc3c(-c4nc5ccccc5o4)c4ccccc4c(-c4ccc5ccccc5c4)c3cc21. The minimum Gasteiger partial charge on any atom is -0.436 e. The van der Waals surface area contributed by atoms with Crippen LogP contribution in [0.25, 0.3) is 77.1 Å². The Hall–Kier alpha value is -5.21. The molecule has 42 heavy (non-hydrogen) atoms. The Morgan fingerprint density at radius 2 is 1.21 bits per heavy atom. The number of hydrogen-bond acceptors (Lipinski definition) is 2. The van der Waals surface area contributed by atoms with Crippen molar-refractivity contribution in [2.45, 2.75) is 19.3 Å². The van der Waals surface area contributed by atoms with Gasteiger partial charge < -0.3 is 4.42 Å². The highest BCUT2D eigenvalue weighted by molar-refractivity contribution is 6.22. The molecule has 0 saturated heterocycles. The van der Waals surface area contributed by atoms with Gasteiger partial charge in [-0.25, -0.2) is 4.98 Å². The first-order chi connectivity index (χ1) is 20.6. The van der Waals surface area contributed by atoms with Crippen LogP contribution in [0.5, 0.6) is 0 Å². The molecular weight excluding hydrogens is 510 g/mol. The third-order valence-corrected chi connectivity index (χ3v) is 9.27. The molecule has 1 heterocycles. The number of para-hydroxylation sites is 2. The van der Waals surface area contributed by atoms with Crippen molar-refractivity contribution in [3.63, 3.8) is 0 Å². The van der Waals surface area contributed by atoms with Gasteiger partial charge in [-0.15, -0.1) is 0 Å². The molecule has 0 saturated carbocycles. The third kappa shape index (κ3) is 3.18. The molecule has 1 aromatic heterocycles. The quantitative estimate of drug-likeness (QED) is 0.205. The summed E-state index contributed by atoms with van der Waals surface area (Å²) in [6.45, 7) is 4.70. The third-order valence-electron chi connectivity index (χ3n) is 9.27. The molecule has 9 rings (SSSR count). The molecule has 0 radical (unpaired) electrons. The van der Waals surface area contributed by atoms with Crippen LogP contribution in [0.4, 0.5) is 0 Å². The molecule has 198 valence electrons. The molecule has 1 aliphatic carbocycles. The van der Waals surface area contributed by atoms with Crippen LogP contribution in [0.1, 0.15) is 25.0 Å². The van der Waals surface area contributed by atoms with Crippen molar-refractivity contribution in [3.8, 4) is 33.7 Å². The zero-order valence-corrected chi connectivity index (χ0v) is 23.5. The monoisotopic (exact) mass is 537 g/mol. The lowest BCUT2D eigenvalue weighted by molar-refractivity contribution is 0.621. The number of oxazole rings is 1. The van der Waals surface area contributed by atoms with Crippen LogP contribution in [0.3, 0.4) is 0 Å². The minimum absolute atomic E-state index is 0.107. The summed E-state index contributed by atoms with van der Waals surface area (Å²) in [4.78, 5) is 5.03. The maximum atomic E-state index is 6.49. The first kappa shape index (κ1) is 23.5. The molecule has 2 nitrogen and oxygen atoms in total. The largest absolute Gasteiger partial charge is 0.436 e. The van der Waals surface area contributed by atoms with Crippen LogP contribution in [0, 0.1) is 0 Å². The molecule has 0 aliphatic heterocycles. The maximum absolute atomic E-state index is 6.49. The molecule has 8 aromatic rings. The van der Waals surface area contributed by atoms with Gasteiger partial charge in [0.2, 0.25) is 5.89 Å². The fourth-order valence-electron chi connectivity index (χ4n) is 7.24. The number of aromatic nitrogens is 1. The Morgan fingerprint density at radius 3 is 2.07 bits per heavy atom. The second-order valence-electron chi connectivity index (χ2n) is 12.0. The van der Waals surface area contributed by atoms with Gasteiger partial charge in [0.1, 0.15) is 5.52 Å². The average Bonchev–Trinajstić information content (AvgIpc) is 3.55. The lowest BCUT2D eigenvalue weighted by Gasteiger charge is -2.23. The number of fused-ring (bicyclic) bond motifs is 7. The van der Waals surface area contributed by atoms with Crippen LogP contribution >= 0.6 is 0 Å². The molecule has 0 amide bonds. The number of rotatable bonds is 2. The van der Waals surface area contributed by atoms with Crippen LogP contribution in [-0.4, -0.2) is 4.98 Å². The molecule has 1 aliphatic rings. The van der Waals surface area contributed by atoms with Crippen LogP contribution in [-0.2, 0) is 5.41 Å². The molecule has 0 N–H and O–H groups in total. The fraction of sp³-hybridized carbons (Fsp3) is 0.0750. The molecular formula is C40H27NO. The van der Waals surface area contributed by atoms with E-state index in [0.717, 1.165) is 27.4 Å². The molecule has 0 fully saturated rings. The summed E-state index contributed by atoms with van der Waals surface area (Å²) < 4.78 is 6.49. The summed E-state index contributed by atoms with van der Waals surface area (Å²) in [5.74, 6) is 0.660. The van der Waals surface area contributed by atoms with E-state index in [1.807, 2.05) is 24.3 Å². The van der Waals surface area contributed by atoms with Crippen molar-refractivity contribution in [2.75, 3.05) is 0 Å². The fourth-order valence-corrected chi connectivity index (χ4v) is 7.24. The lowest BCUT2D eigenvalue weighted by atomic mass is 9.80. The van der Waals surface area contributed by atoms with Gasteiger partial charge in [0.05, 0.1) is 5.56 Å². The predicted molar refractivity (Wildman–Crippen MR) is 175 cm³/mol. The highest BCUT2D eigenvalue weighted by Gasteiger charge is 2.36. The summed E-state index contributed by atoms with van der Waals surface area (Å²) in [7, 11) is 0. The van der Waals surface area contributed by atoms with Crippen LogP contribution in [0.2, 0.25) is 0 Å². The van der Waals surface area contributed by atoms with Gasteiger partial charge in [0.15, 0.2) is 5.58 Å².